The largest absolute Gasteiger partial charge is 0.374 e. The Morgan fingerprint density at radius 1 is 1.40 bits per heavy atom. The molecule has 0 spiro atoms. The zero-order valence-electron chi connectivity index (χ0n) is 12.4. The van der Waals surface area contributed by atoms with Crippen LogP contribution in [0.4, 0.5) is 0 Å². The highest BCUT2D eigenvalue weighted by Crippen LogP contribution is 2.25. The summed E-state index contributed by atoms with van der Waals surface area (Å²) >= 11 is 0. The van der Waals surface area contributed by atoms with Crippen LogP contribution in [0.3, 0.4) is 0 Å². The summed E-state index contributed by atoms with van der Waals surface area (Å²) in [5.41, 5.74) is 1.39. The number of nitrogens with one attached hydrogen (secondary N) is 1. The van der Waals surface area contributed by atoms with Crippen molar-refractivity contribution in [3.8, 4) is 0 Å². The Bertz CT molecular complexity index is 414. The Kier molecular flexibility index (Phi) is 4.70. The molecule has 1 atom stereocenters. The van der Waals surface area contributed by atoms with Crippen LogP contribution in [0, 0.1) is 0 Å². The molecule has 112 valence electrons. The molecule has 5 nitrogen and oxygen atoms in total. The summed E-state index contributed by atoms with van der Waals surface area (Å²) in [5, 5.41) is 3.43. The van der Waals surface area contributed by atoms with Crippen LogP contribution in [0.1, 0.15) is 31.4 Å². The van der Waals surface area contributed by atoms with Crippen LogP contribution in [-0.2, 0) is 11.3 Å². The van der Waals surface area contributed by atoms with Crippen molar-refractivity contribution in [2.45, 2.75) is 38.3 Å². The molecule has 0 bridgehead atoms. The van der Waals surface area contributed by atoms with Crippen molar-refractivity contribution in [3.63, 3.8) is 0 Å². The van der Waals surface area contributed by atoms with Crippen molar-refractivity contribution >= 4 is 0 Å². The third-order valence-electron chi connectivity index (χ3n) is 4.57. The summed E-state index contributed by atoms with van der Waals surface area (Å²) in [4.78, 5) is 6.84. The van der Waals surface area contributed by atoms with Gasteiger partial charge in [0.2, 0.25) is 0 Å². The maximum absolute atomic E-state index is 5.92. The van der Waals surface area contributed by atoms with Crippen LogP contribution in [0.25, 0.3) is 0 Å². The molecule has 1 aromatic rings. The van der Waals surface area contributed by atoms with Crippen LogP contribution in [0.5, 0.6) is 0 Å². The molecule has 1 unspecified atom stereocenters. The van der Waals surface area contributed by atoms with Gasteiger partial charge in [-0.25, -0.2) is 4.98 Å². The summed E-state index contributed by atoms with van der Waals surface area (Å²) in [6, 6.07) is 0. The summed E-state index contributed by atoms with van der Waals surface area (Å²) in [6.45, 7) is 9.49. The van der Waals surface area contributed by atoms with Gasteiger partial charge < -0.3 is 14.6 Å². The first-order valence-corrected chi connectivity index (χ1v) is 7.91. The average molecular weight is 278 g/mol. The Morgan fingerprint density at radius 3 is 3.05 bits per heavy atom. The van der Waals surface area contributed by atoms with Gasteiger partial charge in [0.1, 0.15) is 0 Å². The monoisotopic (exact) mass is 278 g/mol. The number of piperidine rings is 1. The van der Waals surface area contributed by atoms with E-state index in [1.807, 2.05) is 6.33 Å². The number of hydrogen-bond donors (Lipinski definition) is 1. The lowest BCUT2D eigenvalue weighted by atomic mass is 9.95. The SMILES string of the molecule is CCN1CCOC(Cn2cncc2C2CCNCC2)C1. The molecule has 5 heteroatoms. The van der Waals surface area contributed by atoms with Gasteiger partial charge in [0.05, 0.1) is 25.6 Å². The van der Waals surface area contributed by atoms with Gasteiger partial charge in [-0.05, 0) is 32.5 Å². The number of ether oxygens (including phenoxy) is 1. The van der Waals surface area contributed by atoms with E-state index in [1.54, 1.807) is 0 Å². The Balaban J connectivity index is 1.63. The van der Waals surface area contributed by atoms with Gasteiger partial charge in [0.15, 0.2) is 0 Å². The summed E-state index contributed by atoms with van der Waals surface area (Å²) in [6.07, 6.45) is 6.77. The minimum atomic E-state index is 0.304. The van der Waals surface area contributed by atoms with Crippen molar-refractivity contribution < 1.29 is 4.74 Å². The molecule has 2 aliphatic rings. The highest BCUT2D eigenvalue weighted by atomic mass is 16.5. The molecule has 0 radical (unpaired) electrons. The van der Waals surface area contributed by atoms with E-state index in [1.165, 1.54) is 18.5 Å². The third kappa shape index (κ3) is 3.22. The fourth-order valence-electron chi connectivity index (χ4n) is 3.34. The summed E-state index contributed by atoms with van der Waals surface area (Å²) < 4.78 is 8.24. The Hall–Kier alpha value is -0.910. The molecule has 1 N–H and O–H groups in total. The minimum absolute atomic E-state index is 0.304. The molecule has 2 fully saturated rings. The normalized spacial score (nSPS) is 25.9. The summed E-state index contributed by atoms with van der Waals surface area (Å²) in [7, 11) is 0. The van der Waals surface area contributed by atoms with Crippen LogP contribution < -0.4 is 5.32 Å². The first-order valence-electron chi connectivity index (χ1n) is 7.91. The molecular weight excluding hydrogens is 252 g/mol. The van der Waals surface area contributed by atoms with Crippen molar-refractivity contribution in [1.82, 2.24) is 19.8 Å². The van der Waals surface area contributed by atoms with E-state index in [2.05, 4.69) is 32.9 Å². The maximum Gasteiger partial charge on any atom is 0.0949 e. The molecule has 0 amide bonds. The number of morpholine rings is 1. The second-order valence-electron chi connectivity index (χ2n) is 5.88. The van der Waals surface area contributed by atoms with Gasteiger partial charge in [-0.2, -0.15) is 0 Å². The van der Waals surface area contributed by atoms with E-state index >= 15 is 0 Å². The molecule has 2 saturated heterocycles. The van der Waals surface area contributed by atoms with E-state index in [-0.39, 0.29) is 0 Å². The van der Waals surface area contributed by atoms with E-state index in [0.29, 0.717) is 12.0 Å². The Morgan fingerprint density at radius 2 is 2.25 bits per heavy atom. The van der Waals surface area contributed by atoms with Crippen molar-refractivity contribution in [1.29, 1.82) is 0 Å². The molecule has 0 aliphatic carbocycles. The highest BCUT2D eigenvalue weighted by Gasteiger charge is 2.23. The minimum Gasteiger partial charge on any atom is -0.374 e. The number of likely N-dealkylation sites (N-methyl/N-ethyl adjacent to an activating group) is 1. The highest BCUT2D eigenvalue weighted by molar-refractivity contribution is 5.08. The molecule has 2 aliphatic heterocycles. The molecule has 20 heavy (non-hydrogen) atoms. The molecule has 3 rings (SSSR count). The maximum atomic E-state index is 5.92. The smallest absolute Gasteiger partial charge is 0.0949 e. The number of nitrogens with zero attached hydrogens (tertiary/aromatic N) is 3. The second-order valence-corrected chi connectivity index (χ2v) is 5.88. The fourth-order valence-corrected chi connectivity index (χ4v) is 3.34. The Labute approximate surface area is 121 Å². The first-order chi connectivity index (χ1) is 9.86. The van der Waals surface area contributed by atoms with Crippen molar-refractivity contribution in [3.05, 3.63) is 18.2 Å². The van der Waals surface area contributed by atoms with E-state index in [0.717, 1.165) is 45.9 Å². The van der Waals surface area contributed by atoms with Crippen LogP contribution in [0.2, 0.25) is 0 Å². The van der Waals surface area contributed by atoms with E-state index in [9.17, 15) is 0 Å². The van der Waals surface area contributed by atoms with Gasteiger partial charge in [0.25, 0.3) is 0 Å². The van der Waals surface area contributed by atoms with Crippen molar-refractivity contribution in [2.24, 2.45) is 0 Å². The topological polar surface area (TPSA) is 42.3 Å². The summed E-state index contributed by atoms with van der Waals surface area (Å²) in [5.74, 6) is 0.657. The van der Waals surface area contributed by atoms with Gasteiger partial charge in [-0.3, -0.25) is 4.90 Å². The molecule has 0 saturated carbocycles. The van der Waals surface area contributed by atoms with E-state index < -0.39 is 0 Å². The van der Waals surface area contributed by atoms with Crippen LogP contribution in [0.15, 0.2) is 12.5 Å². The van der Waals surface area contributed by atoms with Gasteiger partial charge in [0, 0.05) is 30.9 Å². The zero-order valence-corrected chi connectivity index (χ0v) is 12.4. The molecular formula is C15H26N4O. The number of hydrogen-bond acceptors (Lipinski definition) is 4. The lowest BCUT2D eigenvalue weighted by Gasteiger charge is -2.33. The quantitative estimate of drug-likeness (QED) is 0.894. The molecule has 0 aromatic carbocycles. The number of aromatic nitrogens is 2. The lowest BCUT2D eigenvalue weighted by Crippen LogP contribution is -2.44. The number of rotatable bonds is 4. The average Bonchev–Trinajstić information content (AvgIpc) is 2.96. The van der Waals surface area contributed by atoms with Crippen LogP contribution >= 0.6 is 0 Å². The predicted molar refractivity (Wildman–Crippen MR) is 78.9 cm³/mol. The predicted octanol–water partition coefficient (Wildman–Crippen LogP) is 1.07. The van der Waals surface area contributed by atoms with E-state index in [4.69, 9.17) is 4.74 Å². The van der Waals surface area contributed by atoms with Crippen molar-refractivity contribution in [2.75, 3.05) is 39.3 Å². The molecule has 3 heterocycles. The van der Waals surface area contributed by atoms with Crippen LogP contribution in [-0.4, -0.2) is 59.9 Å². The lowest BCUT2D eigenvalue weighted by molar-refractivity contribution is -0.0347. The fraction of sp³-hybridized carbons (Fsp3) is 0.800. The third-order valence-corrected chi connectivity index (χ3v) is 4.57. The zero-order chi connectivity index (χ0) is 13.8. The first kappa shape index (κ1) is 14.0. The standard InChI is InChI=1S/C15H26N4O/c1-2-18-7-8-20-14(10-18)11-19-12-17-9-15(19)13-3-5-16-6-4-13/h9,12-14,16H,2-8,10-11H2,1H3. The number of imidazole rings is 1. The molecule has 1 aromatic heterocycles. The second kappa shape index (κ2) is 6.70. The van der Waals surface area contributed by atoms with Gasteiger partial charge in [-0.1, -0.05) is 6.92 Å². The van der Waals surface area contributed by atoms with Gasteiger partial charge >= 0.3 is 0 Å². The van der Waals surface area contributed by atoms with Gasteiger partial charge in [-0.15, -0.1) is 0 Å².